The number of hydrogen-bond acceptors (Lipinski definition) is 3. The van der Waals surface area contributed by atoms with Gasteiger partial charge in [-0.1, -0.05) is 22.0 Å². The number of halogens is 1. The molecule has 112 valence electrons. The molecule has 0 aliphatic heterocycles. The lowest BCUT2D eigenvalue weighted by Gasteiger charge is -2.12. The van der Waals surface area contributed by atoms with Gasteiger partial charge in [0.2, 0.25) is 0 Å². The molecular weight excluding hydrogens is 352 g/mol. The summed E-state index contributed by atoms with van der Waals surface area (Å²) in [6.45, 7) is 4.64. The third-order valence-electron chi connectivity index (χ3n) is 3.06. The second-order valence-corrected chi connectivity index (χ2v) is 7.11. The summed E-state index contributed by atoms with van der Waals surface area (Å²) in [6.07, 6.45) is 0. The Morgan fingerprint density at radius 2 is 1.76 bits per heavy atom. The molecule has 0 aliphatic carbocycles. The first kappa shape index (κ1) is 15.9. The fourth-order valence-electron chi connectivity index (χ4n) is 1.88. The maximum Gasteiger partial charge on any atom is 0.261 e. The molecule has 0 aromatic heterocycles. The van der Waals surface area contributed by atoms with Crippen molar-refractivity contribution < 1.29 is 8.42 Å². The van der Waals surface area contributed by atoms with Gasteiger partial charge in [0.05, 0.1) is 10.6 Å². The number of benzene rings is 2. The number of nitrogens with one attached hydrogen (secondary N) is 2. The molecule has 0 atom stereocenters. The summed E-state index contributed by atoms with van der Waals surface area (Å²) in [6, 6.07) is 12.1. The molecule has 0 spiro atoms. The number of hydrogen-bond donors (Lipinski definition) is 2. The minimum absolute atomic E-state index is 0.239. The molecule has 4 nitrogen and oxygen atoms in total. The van der Waals surface area contributed by atoms with E-state index in [0.717, 1.165) is 22.3 Å². The van der Waals surface area contributed by atoms with Gasteiger partial charge >= 0.3 is 0 Å². The summed E-state index contributed by atoms with van der Waals surface area (Å²) in [5, 5.41) is 3.13. The fraction of sp³-hybridized carbons (Fsp3) is 0.200. The van der Waals surface area contributed by atoms with Crippen molar-refractivity contribution in [2.75, 3.05) is 16.6 Å². The third-order valence-corrected chi connectivity index (χ3v) is 5.30. The van der Waals surface area contributed by atoms with Crippen LogP contribution in [0.15, 0.2) is 51.8 Å². The van der Waals surface area contributed by atoms with Crippen molar-refractivity contribution in [2.24, 2.45) is 0 Å². The molecule has 21 heavy (non-hydrogen) atoms. The quantitative estimate of drug-likeness (QED) is 0.838. The molecular formula is C15H17BrN2O2S. The summed E-state index contributed by atoms with van der Waals surface area (Å²) >= 11 is 3.39. The van der Waals surface area contributed by atoms with E-state index in [9.17, 15) is 8.42 Å². The zero-order valence-corrected chi connectivity index (χ0v) is 14.3. The van der Waals surface area contributed by atoms with E-state index >= 15 is 0 Å². The van der Waals surface area contributed by atoms with Gasteiger partial charge in [0.15, 0.2) is 0 Å². The molecule has 0 bridgehead atoms. The van der Waals surface area contributed by atoms with Crippen LogP contribution in [0.4, 0.5) is 11.4 Å². The van der Waals surface area contributed by atoms with Crippen LogP contribution in [-0.2, 0) is 10.0 Å². The number of sulfonamides is 1. The van der Waals surface area contributed by atoms with Crippen LogP contribution < -0.4 is 10.0 Å². The van der Waals surface area contributed by atoms with Crippen LogP contribution in [0.5, 0.6) is 0 Å². The van der Waals surface area contributed by atoms with Crippen molar-refractivity contribution in [1.82, 2.24) is 0 Å². The monoisotopic (exact) mass is 368 g/mol. The zero-order valence-electron chi connectivity index (χ0n) is 11.9. The van der Waals surface area contributed by atoms with Crippen LogP contribution >= 0.6 is 15.9 Å². The van der Waals surface area contributed by atoms with Gasteiger partial charge in [0.25, 0.3) is 10.0 Å². The van der Waals surface area contributed by atoms with Gasteiger partial charge in [-0.05, 0) is 55.8 Å². The summed E-state index contributed by atoms with van der Waals surface area (Å²) < 4.78 is 28.3. The van der Waals surface area contributed by atoms with Crippen LogP contribution in [0.1, 0.15) is 12.5 Å². The van der Waals surface area contributed by atoms with E-state index in [0.29, 0.717) is 5.69 Å². The molecule has 2 aromatic rings. The molecule has 0 unspecified atom stereocenters. The van der Waals surface area contributed by atoms with Crippen LogP contribution in [0.3, 0.4) is 0 Å². The van der Waals surface area contributed by atoms with Crippen molar-refractivity contribution in [2.45, 2.75) is 18.7 Å². The first-order valence-electron chi connectivity index (χ1n) is 6.56. The minimum atomic E-state index is -3.58. The highest BCUT2D eigenvalue weighted by atomic mass is 79.9. The van der Waals surface area contributed by atoms with Crippen LogP contribution in [0.2, 0.25) is 0 Å². The topological polar surface area (TPSA) is 58.2 Å². The van der Waals surface area contributed by atoms with E-state index < -0.39 is 10.0 Å². The van der Waals surface area contributed by atoms with Crippen molar-refractivity contribution in [1.29, 1.82) is 0 Å². The van der Waals surface area contributed by atoms with Gasteiger partial charge in [0, 0.05) is 16.7 Å². The maximum absolute atomic E-state index is 12.4. The summed E-state index contributed by atoms with van der Waals surface area (Å²) in [4.78, 5) is 0.239. The summed E-state index contributed by atoms with van der Waals surface area (Å²) in [7, 11) is -3.58. The van der Waals surface area contributed by atoms with E-state index in [2.05, 4.69) is 26.0 Å². The standard InChI is InChI=1S/C15H17BrN2O2S/c1-3-17-12-7-9-13(10-8-12)21(19,20)18-15-6-4-5-14(16)11(15)2/h4-10,17-18H,3H2,1-2H3. The smallest absolute Gasteiger partial charge is 0.261 e. The third kappa shape index (κ3) is 3.77. The second kappa shape index (κ2) is 6.49. The van der Waals surface area contributed by atoms with Crippen molar-refractivity contribution in [3.8, 4) is 0 Å². The Morgan fingerprint density at radius 1 is 1.10 bits per heavy atom. The minimum Gasteiger partial charge on any atom is -0.385 e. The molecule has 2 aromatic carbocycles. The van der Waals surface area contributed by atoms with Crippen molar-refractivity contribution in [3.63, 3.8) is 0 Å². The van der Waals surface area contributed by atoms with E-state index in [1.807, 2.05) is 19.9 Å². The lowest BCUT2D eigenvalue weighted by molar-refractivity contribution is 0.601. The average molecular weight is 369 g/mol. The predicted octanol–water partition coefficient (Wildman–Crippen LogP) is 3.99. The molecule has 6 heteroatoms. The van der Waals surface area contributed by atoms with Gasteiger partial charge in [0.1, 0.15) is 0 Å². The number of rotatable bonds is 5. The van der Waals surface area contributed by atoms with E-state index in [1.165, 1.54) is 0 Å². The Kier molecular flexibility index (Phi) is 4.90. The molecule has 2 rings (SSSR count). The van der Waals surface area contributed by atoms with Gasteiger partial charge in [-0.25, -0.2) is 8.42 Å². The molecule has 2 N–H and O–H groups in total. The Morgan fingerprint density at radius 3 is 2.38 bits per heavy atom. The van der Waals surface area contributed by atoms with E-state index in [4.69, 9.17) is 0 Å². The second-order valence-electron chi connectivity index (χ2n) is 4.57. The SMILES string of the molecule is CCNc1ccc(S(=O)(=O)Nc2cccc(Br)c2C)cc1. The van der Waals surface area contributed by atoms with E-state index in [-0.39, 0.29) is 4.90 Å². The molecule has 0 saturated carbocycles. The Bertz CT molecular complexity index is 728. The van der Waals surface area contributed by atoms with Gasteiger partial charge in [-0.15, -0.1) is 0 Å². The van der Waals surface area contributed by atoms with Crippen molar-refractivity contribution >= 4 is 37.3 Å². The highest BCUT2D eigenvalue weighted by Crippen LogP contribution is 2.26. The summed E-state index contributed by atoms with van der Waals surface area (Å²) in [5.74, 6) is 0. The van der Waals surface area contributed by atoms with E-state index in [1.54, 1.807) is 36.4 Å². The molecule has 0 saturated heterocycles. The molecule has 0 radical (unpaired) electrons. The molecule has 0 amide bonds. The average Bonchev–Trinajstić information content (AvgIpc) is 2.45. The predicted molar refractivity (Wildman–Crippen MR) is 90.3 cm³/mol. The zero-order chi connectivity index (χ0) is 15.5. The number of anilines is 2. The maximum atomic E-state index is 12.4. The van der Waals surface area contributed by atoms with Crippen LogP contribution in [0.25, 0.3) is 0 Å². The first-order valence-corrected chi connectivity index (χ1v) is 8.83. The molecule has 0 heterocycles. The highest BCUT2D eigenvalue weighted by molar-refractivity contribution is 9.10. The Balaban J connectivity index is 2.27. The van der Waals surface area contributed by atoms with Gasteiger partial charge in [-0.2, -0.15) is 0 Å². The van der Waals surface area contributed by atoms with Crippen molar-refractivity contribution in [3.05, 3.63) is 52.5 Å². The van der Waals surface area contributed by atoms with Gasteiger partial charge < -0.3 is 5.32 Å². The highest BCUT2D eigenvalue weighted by Gasteiger charge is 2.15. The normalized spacial score (nSPS) is 11.2. The van der Waals surface area contributed by atoms with Crippen LogP contribution in [-0.4, -0.2) is 15.0 Å². The molecule has 0 aliphatic rings. The lowest BCUT2D eigenvalue weighted by atomic mass is 10.2. The van der Waals surface area contributed by atoms with Gasteiger partial charge in [-0.3, -0.25) is 4.72 Å². The fourth-order valence-corrected chi connectivity index (χ4v) is 3.37. The Hall–Kier alpha value is -1.53. The molecule has 0 fully saturated rings. The first-order chi connectivity index (χ1) is 9.94. The lowest BCUT2D eigenvalue weighted by Crippen LogP contribution is -2.14. The largest absolute Gasteiger partial charge is 0.385 e. The van der Waals surface area contributed by atoms with Crippen LogP contribution in [0, 0.1) is 6.92 Å². The Labute approximate surface area is 133 Å². The summed E-state index contributed by atoms with van der Waals surface area (Å²) in [5.41, 5.74) is 2.32.